The van der Waals surface area contributed by atoms with Gasteiger partial charge in [-0.1, -0.05) is 12.1 Å². The molecular formula is C18H18N2O3S. The van der Waals surface area contributed by atoms with Crippen LogP contribution in [0.25, 0.3) is 0 Å². The average molecular weight is 342 g/mol. The number of Topliss-reactive ketones (excluding diaryl/α,β-unsaturated/α-hetero) is 1. The van der Waals surface area contributed by atoms with Crippen LogP contribution in [0, 0.1) is 6.92 Å². The number of likely N-dealkylation sites (tertiary alicyclic amines) is 1. The number of aromatic nitrogens is 1. The molecule has 0 aliphatic carbocycles. The van der Waals surface area contributed by atoms with Crippen LogP contribution in [0.15, 0.2) is 29.6 Å². The number of hydrogen-bond donors (Lipinski definition) is 0. The van der Waals surface area contributed by atoms with Gasteiger partial charge in [-0.3, -0.25) is 9.59 Å². The van der Waals surface area contributed by atoms with E-state index in [1.165, 1.54) is 0 Å². The molecule has 1 amide bonds. The number of thiazole rings is 1. The summed E-state index contributed by atoms with van der Waals surface area (Å²) in [5.74, 6) is 0.784. The van der Waals surface area contributed by atoms with Crippen molar-refractivity contribution in [3.05, 3.63) is 45.9 Å². The first-order valence-electron chi connectivity index (χ1n) is 8.05. The molecule has 1 aromatic carbocycles. The summed E-state index contributed by atoms with van der Waals surface area (Å²) in [6, 6.07) is 7.34. The van der Waals surface area contributed by atoms with Crippen LogP contribution in [0.4, 0.5) is 0 Å². The zero-order valence-electron chi connectivity index (χ0n) is 13.4. The van der Waals surface area contributed by atoms with Crippen molar-refractivity contribution in [1.29, 1.82) is 0 Å². The maximum absolute atomic E-state index is 12.5. The van der Waals surface area contributed by atoms with Crippen LogP contribution >= 0.6 is 11.3 Å². The first-order valence-corrected chi connectivity index (χ1v) is 8.93. The first kappa shape index (κ1) is 15.3. The minimum absolute atomic E-state index is 0.0482. The third kappa shape index (κ3) is 2.71. The summed E-state index contributed by atoms with van der Waals surface area (Å²) in [6.45, 7) is 3.02. The van der Waals surface area contributed by atoms with Crippen LogP contribution in [-0.4, -0.2) is 40.3 Å². The molecule has 1 atom stereocenters. The Bertz CT molecular complexity index is 816. The van der Waals surface area contributed by atoms with Gasteiger partial charge in [0.1, 0.15) is 11.4 Å². The van der Waals surface area contributed by atoms with E-state index < -0.39 is 5.60 Å². The molecule has 2 aliphatic rings. The zero-order chi connectivity index (χ0) is 16.7. The van der Waals surface area contributed by atoms with Crippen LogP contribution in [0.5, 0.6) is 5.75 Å². The second-order valence-electron chi connectivity index (χ2n) is 6.48. The Kier molecular flexibility index (Phi) is 3.64. The van der Waals surface area contributed by atoms with Gasteiger partial charge >= 0.3 is 0 Å². The number of rotatable bonds is 2. The first-order chi connectivity index (χ1) is 11.5. The Hall–Kier alpha value is -2.21. The second kappa shape index (κ2) is 5.70. The van der Waals surface area contributed by atoms with Gasteiger partial charge in [0, 0.05) is 18.3 Å². The number of hydrogen-bond acceptors (Lipinski definition) is 5. The number of benzene rings is 1. The van der Waals surface area contributed by atoms with Crippen molar-refractivity contribution in [2.45, 2.75) is 31.8 Å². The number of carbonyl (C=O) groups excluding carboxylic acids is 2. The van der Waals surface area contributed by atoms with E-state index >= 15 is 0 Å². The molecule has 2 aliphatic heterocycles. The standard InChI is InChI=1S/C18H18N2O3S/c1-12-19-13(10-24-12)8-17(22)20-7-6-18(11-20)9-15(21)14-4-2-3-5-16(14)23-18/h2-5,10H,6-9,11H2,1H3. The van der Waals surface area contributed by atoms with Crippen LogP contribution in [0.1, 0.15) is 33.9 Å². The molecule has 0 bridgehead atoms. The summed E-state index contributed by atoms with van der Waals surface area (Å²) in [4.78, 5) is 31.1. The van der Waals surface area contributed by atoms with Crippen molar-refractivity contribution in [3.63, 3.8) is 0 Å². The topological polar surface area (TPSA) is 59.5 Å². The van der Waals surface area contributed by atoms with Crippen LogP contribution in [-0.2, 0) is 11.2 Å². The minimum Gasteiger partial charge on any atom is -0.484 e. The highest BCUT2D eigenvalue weighted by Gasteiger charge is 2.46. The largest absolute Gasteiger partial charge is 0.484 e. The predicted octanol–water partition coefficient (Wildman–Crippen LogP) is 2.63. The predicted molar refractivity (Wildman–Crippen MR) is 90.5 cm³/mol. The highest BCUT2D eigenvalue weighted by molar-refractivity contribution is 7.09. The number of amides is 1. The monoisotopic (exact) mass is 342 g/mol. The number of fused-ring (bicyclic) bond motifs is 1. The van der Waals surface area contributed by atoms with Crippen LogP contribution in [0.2, 0.25) is 0 Å². The van der Waals surface area contributed by atoms with Crippen LogP contribution < -0.4 is 4.74 Å². The van der Waals surface area contributed by atoms with Gasteiger partial charge in [-0.15, -0.1) is 11.3 Å². The van der Waals surface area contributed by atoms with Gasteiger partial charge in [0.05, 0.1) is 35.7 Å². The molecule has 0 N–H and O–H groups in total. The maximum Gasteiger partial charge on any atom is 0.228 e. The molecule has 4 rings (SSSR count). The number of carbonyl (C=O) groups is 2. The normalized spacial score (nSPS) is 22.5. The van der Waals surface area contributed by atoms with Crippen molar-refractivity contribution >= 4 is 23.0 Å². The molecule has 1 unspecified atom stereocenters. The third-order valence-corrected chi connectivity index (χ3v) is 5.49. The lowest BCUT2D eigenvalue weighted by Crippen LogP contribution is -2.45. The Balaban J connectivity index is 1.48. The van der Waals surface area contributed by atoms with E-state index in [4.69, 9.17) is 4.74 Å². The Labute approximate surface area is 144 Å². The average Bonchev–Trinajstić information content (AvgIpc) is 3.14. The molecule has 0 radical (unpaired) electrons. The van der Waals surface area contributed by atoms with Crippen molar-refractivity contribution < 1.29 is 14.3 Å². The molecule has 0 saturated carbocycles. The summed E-state index contributed by atoms with van der Waals surface area (Å²) in [6.07, 6.45) is 1.34. The zero-order valence-corrected chi connectivity index (χ0v) is 14.3. The summed E-state index contributed by atoms with van der Waals surface area (Å²) in [7, 11) is 0. The lowest BCUT2D eigenvalue weighted by Gasteiger charge is -2.34. The quantitative estimate of drug-likeness (QED) is 0.842. The number of ketones is 1. The van der Waals surface area contributed by atoms with Crippen molar-refractivity contribution in [2.24, 2.45) is 0 Å². The molecule has 124 valence electrons. The molecule has 1 fully saturated rings. The van der Waals surface area contributed by atoms with Gasteiger partial charge in [0.15, 0.2) is 5.78 Å². The summed E-state index contributed by atoms with van der Waals surface area (Å²) in [5.41, 5.74) is 0.888. The third-order valence-electron chi connectivity index (χ3n) is 4.66. The van der Waals surface area contributed by atoms with E-state index in [1.807, 2.05) is 30.5 Å². The number of para-hydroxylation sites is 1. The Morgan fingerprint density at radius 2 is 2.25 bits per heavy atom. The van der Waals surface area contributed by atoms with Gasteiger partial charge in [-0.25, -0.2) is 4.98 Å². The van der Waals surface area contributed by atoms with E-state index in [9.17, 15) is 9.59 Å². The van der Waals surface area contributed by atoms with E-state index in [0.717, 1.165) is 10.7 Å². The molecule has 24 heavy (non-hydrogen) atoms. The Morgan fingerprint density at radius 3 is 3.04 bits per heavy atom. The van der Waals surface area contributed by atoms with Gasteiger partial charge in [0.25, 0.3) is 0 Å². The van der Waals surface area contributed by atoms with Gasteiger partial charge in [0.2, 0.25) is 5.91 Å². The van der Waals surface area contributed by atoms with Crippen molar-refractivity contribution in [2.75, 3.05) is 13.1 Å². The molecule has 6 heteroatoms. The van der Waals surface area contributed by atoms with Gasteiger partial charge in [-0.2, -0.15) is 0 Å². The maximum atomic E-state index is 12.5. The summed E-state index contributed by atoms with van der Waals surface area (Å²) in [5, 5.41) is 2.89. The SMILES string of the molecule is Cc1nc(CC(=O)N2CCC3(CC(=O)c4ccccc4O3)C2)cs1. The fourth-order valence-electron chi connectivity index (χ4n) is 3.48. The minimum atomic E-state index is -0.570. The molecule has 1 aromatic heterocycles. The molecule has 5 nitrogen and oxygen atoms in total. The van der Waals surface area contributed by atoms with E-state index in [1.54, 1.807) is 22.3 Å². The summed E-state index contributed by atoms with van der Waals surface area (Å²) >= 11 is 1.55. The lowest BCUT2D eigenvalue weighted by molar-refractivity contribution is -0.130. The van der Waals surface area contributed by atoms with E-state index in [-0.39, 0.29) is 11.7 Å². The molecular weight excluding hydrogens is 324 g/mol. The van der Waals surface area contributed by atoms with E-state index in [0.29, 0.717) is 43.7 Å². The molecule has 3 heterocycles. The van der Waals surface area contributed by atoms with Gasteiger partial charge < -0.3 is 9.64 Å². The van der Waals surface area contributed by atoms with Crippen molar-refractivity contribution in [1.82, 2.24) is 9.88 Å². The number of ether oxygens (including phenoxy) is 1. The molecule has 2 aromatic rings. The fourth-order valence-corrected chi connectivity index (χ4v) is 4.10. The fraction of sp³-hybridized carbons (Fsp3) is 0.389. The number of aryl methyl sites for hydroxylation is 1. The van der Waals surface area contributed by atoms with E-state index in [2.05, 4.69) is 4.98 Å². The van der Waals surface area contributed by atoms with Gasteiger partial charge in [-0.05, 0) is 19.1 Å². The summed E-state index contributed by atoms with van der Waals surface area (Å²) < 4.78 is 6.16. The smallest absolute Gasteiger partial charge is 0.228 e. The van der Waals surface area contributed by atoms with Crippen LogP contribution in [0.3, 0.4) is 0 Å². The van der Waals surface area contributed by atoms with Crippen molar-refractivity contribution in [3.8, 4) is 5.75 Å². The highest BCUT2D eigenvalue weighted by atomic mass is 32.1. The highest BCUT2D eigenvalue weighted by Crippen LogP contribution is 2.38. The number of nitrogens with zero attached hydrogens (tertiary/aromatic N) is 2. The molecule has 1 saturated heterocycles. The second-order valence-corrected chi connectivity index (χ2v) is 7.54. The Morgan fingerprint density at radius 1 is 1.42 bits per heavy atom. The lowest BCUT2D eigenvalue weighted by atomic mass is 9.89. The molecule has 1 spiro atoms.